The predicted molar refractivity (Wildman–Crippen MR) is 111 cm³/mol. The summed E-state index contributed by atoms with van der Waals surface area (Å²) in [5.41, 5.74) is 2.48. The van der Waals surface area contributed by atoms with Gasteiger partial charge >= 0.3 is 6.03 Å². The van der Waals surface area contributed by atoms with Crippen molar-refractivity contribution in [2.75, 3.05) is 38.2 Å². The average Bonchev–Trinajstić information content (AvgIpc) is 3.28. The minimum Gasteiger partial charge on any atom is -0.493 e. The van der Waals surface area contributed by atoms with Crippen LogP contribution in [0.25, 0.3) is 6.08 Å². The summed E-state index contributed by atoms with van der Waals surface area (Å²) >= 11 is 0. The van der Waals surface area contributed by atoms with Gasteiger partial charge < -0.3 is 14.4 Å². The number of anilines is 1. The summed E-state index contributed by atoms with van der Waals surface area (Å²) in [5, 5.41) is 10.5. The van der Waals surface area contributed by atoms with Gasteiger partial charge in [0.1, 0.15) is 5.75 Å². The second kappa shape index (κ2) is 9.52. The molecule has 0 spiro atoms. The van der Waals surface area contributed by atoms with E-state index in [4.69, 9.17) is 9.47 Å². The van der Waals surface area contributed by atoms with E-state index in [-0.39, 0.29) is 6.03 Å². The third-order valence-electron chi connectivity index (χ3n) is 5.24. The summed E-state index contributed by atoms with van der Waals surface area (Å²) < 4.78 is 11.3. The molecule has 1 atom stereocenters. The Balaban J connectivity index is 1.29. The van der Waals surface area contributed by atoms with Crippen LogP contribution in [0.3, 0.4) is 0 Å². The monoisotopic (exact) mass is 394 g/mol. The molecule has 0 radical (unpaired) electrons. The quantitative estimate of drug-likeness (QED) is 0.838. The van der Waals surface area contributed by atoms with E-state index in [0.29, 0.717) is 31.4 Å². The largest absolute Gasteiger partial charge is 0.493 e. The van der Waals surface area contributed by atoms with Crippen LogP contribution in [0.15, 0.2) is 48.2 Å². The van der Waals surface area contributed by atoms with Gasteiger partial charge in [0, 0.05) is 31.8 Å². The first-order valence-corrected chi connectivity index (χ1v) is 10.1. The smallest absolute Gasteiger partial charge is 0.323 e. The number of nitrogens with zero attached hydrogens (tertiary/aromatic N) is 3. The number of piperidine rings is 1. The van der Waals surface area contributed by atoms with Gasteiger partial charge in [0.2, 0.25) is 0 Å². The maximum atomic E-state index is 12.4. The van der Waals surface area contributed by atoms with Crippen molar-refractivity contribution in [2.45, 2.75) is 19.3 Å². The van der Waals surface area contributed by atoms with E-state index in [1.807, 2.05) is 17.0 Å². The number of hydrogen-bond donors (Lipinski definition) is 1. The van der Waals surface area contributed by atoms with Crippen LogP contribution < -0.4 is 10.1 Å². The Morgan fingerprint density at radius 2 is 2.17 bits per heavy atom. The van der Waals surface area contributed by atoms with Crippen LogP contribution in [0.2, 0.25) is 0 Å². The van der Waals surface area contributed by atoms with Gasteiger partial charge in [-0.15, -0.1) is 5.10 Å². The van der Waals surface area contributed by atoms with E-state index in [0.717, 1.165) is 43.8 Å². The molecule has 2 aromatic rings. The Morgan fingerprint density at radius 3 is 2.93 bits per heavy atom. The highest BCUT2D eigenvalue weighted by Crippen LogP contribution is 2.23. The molecule has 2 amide bonds. The molecule has 1 unspecified atom stereocenters. The van der Waals surface area contributed by atoms with Gasteiger partial charge in [0.25, 0.3) is 0 Å². The molecule has 7 nitrogen and oxygen atoms in total. The zero-order chi connectivity index (χ0) is 19.9. The van der Waals surface area contributed by atoms with E-state index in [2.05, 4.69) is 33.7 Å². The molecule has 2 fully saturated rings. The molecule has 2 aliphatic heterocycles. The second-order valence-corrected chi connectivity index (χ2v) is 7.44. The molecule has 0 bridgehead atoms. The zero-order valence-corrected chi connectivity index (χ0v) is 16.4. The summed E-state index contributed by atoms with van der Waals surface area (Å²) in [6, 6.07) is 11.5. The molecule has 2 saturated heterocycles. The third kappa shape index (κ3) is 5.54. The molecule has 29 heavy (non-hydrogen) atoms. The fraction of sp³-hybridized carbons (Fsp3) is 0.409. The standard InChI is InChI=1S/C22H26N4O3/c27-22(24-21-5-2-9-23-25-21)26-10-6-17(7-11-26)13-18-3-1-4-20(14-18)29-16-19-8-12-28-15-19/h1-5,9,13-14,19H,6-8,10-12,15-16H2,(H,24,25,27). The minimum absolute atomic E-state index is 0.129. The fourth-order valence-corrected chi connectivity index (χ4v) is 3.56. The normalized spacial score (nSPS) is 19.1. The summed E-state index contributed by atoms with van der Waals surface area (Å²) in [7, 11) is 0. The Hall–Kier alpha value is -2.93. The number of hydrogen-bond acceptors (Lipinski definition) is 5. The first kappa shape index (κ1) is 19.4. The number of rotatable bonds is 5. The minimum atomic E-state index is -0.129. The molecule has 152 valence electrons. The van der Waals surface area contributed by atoms with Crippen LogP contribution >= 0.6 is 0 Å². The summed E-state index contributed by atoms with van der Waals surface area (Å²) in [5.74, 6) is 1.86. The first-order chi connectivity index (χ1) is 14.3. The van der Waals surface area contributed by atoms with Gasteiger partial charge in [-0.3, -0.25) is 5.32 Å². The maximum Gasteiger partial charge on any atom is 0.323 e. The fourth-order valence-electron chi connectivity index (χ4n) is 3.56. The number of ether oxygens (including phenoxy) is 2. The topological polar surface area (TPSA) is 76.6 Å². The molecular formula is C22H26N4O3. The SMILES string of the molecule is O=C(Nc1cccnn1)N1CCC(=Cc2cccc(OCC3CCOC3)c2)CC1. The molecule has 7 heteroatoms. The first-order valence-electron chi connectivity index (χ1n) is 10.1. The molecule has 4 rings (SSSR count). The summed E-state index contributed by atoms with van der Waals surface area (Å²) in [6.07, 6.45) is 6.59. The van der Waals surface area contributed by atoms with Crippen molar-refractivity contribution in [3.63, 3.8) is 0 Å². The Morgan fingerprint density at radius 1 is 1.28 bits per heavy atom. The van der Waals surface area contributed by atoms with Crippen molar-refractivity contribution in [1.82, 2.24) is 15.1 Å². The van der Waals surface area contributed by atoms with Crippen LogP contribution in [0, 0.1) is 5.92 Å². The average molecular weight is 394 g/mol. The number of aromatic nitrogens is 2. The van der Waals surface area contributed by atoms with Gasteiger partial charge in [-0.1, -0.05) is 23.8 Å². The number of carbonyl (C=O) groups is 1. The van der Waals surface area contributed by atoms with E-state index in [1.165, 1.54) is 5.57 Å². The van der Waals surface area contributed by atoms with Gasteiger partial charge in [0.15, 0.2) is 5.82 Å². The maximum absolute atomic E-state index is 12.4. The van der Waals surface area contributed by atoms with Crippen molar-refractivity contribution in [3.8, 4) is 5.75 Å². The molecule has 2 aliphatic rings. The number of urea groups is 1. The van der Waals surface area contributed by atoms with Crippen molar-refractivity contribution in [1.29, 1.82) is 0 Å². The Bertz CT molecular complexity index is 840. The molecule has 1 aromatic carbocycles. The van der Waals surface area contributed by atoms with Crippen LogP contribution in [0.5, 0.6) is 5.75 Å². The van der Waals surface area contributed by atoms with Crippen molar-refractivity contribution < 1.29 is 14.3 Å². The third-order valence-corrected chi connectivity index (χ3v) is 5.24. The van der Waals surface area contributed by atoms with Gasteiger partial charge in [-0.2, -0.15) is 5.10 Å². The molecule has 0 saturated carbocycles. The number of likely N-dealkylation sites (tertiary alicyclic amines) is 1. The highest BCUT2D eigenvalue weighted by molar-refractivity contribution is 5.88. The highest BCUT2D eigenvalue weighted by atomic mass is 16.5. The molecular weight excluding hydrogens is 368 g/mol. The van der Waals surface area contributed by atoms with Gasteiger partial charge in [0.05, 0.1) is 13.2 Å². The molecule has 1 aromatic heterocycles. The van der Waals surface area contributed by atoms with E-state index in [1.54, 1.807) is 18.3 Å². The lowest BCUT2D eigenvalue weighted by molar-refractivity contribution is 0.167. The molecule has 0 aliphatic carbocycles. The predicted octanol–water partition coefficient (Wildman–Crippen LogP) is 3.60. The van der Waals surface area contributed by atoms with Crippen molar-refractivity contribution >= 4 is 17.9 Å². The van der Waals surface area contributed by atoms with Crippen LogP contribution in [0.1, 0.15) is 24.8 Å². The van der Waals surface area contributed by atoms with Crippen LogP contribution in [-0.2, 0) is 4.74 Å². The summed E-state index contributed by atoms with van der Waals surface area (Å²) in [4.78, 5) is 14.2. The lowest BCUT2D eigenvalue weighted by Crippen LogP contribution is -2.39. The lowest BCUT2D eigenvalue weighted by atomic mass is 10.0. The van der Waals surface area contributed by atoms with E-state index >= 15 is 0 Å². The number of benzene rings is 1. The Kier molecular flexibility index (Phi) is 6.36. The Labute approximate surface area is 170 Å². The van der Waals surface area contributed by atoms with Crippen molar-refractivity contribution in [3.05, 3.63) is 53.7 Å². The number of amides is 2. The van der Waals surface area contributed by atoms with Crippen molar-refractivity contribution in [2.24, 2.45) is 5.92 Å². The number of nitrogens with one attached hydrogen (secondary N) is 1. The van der Waals surface area contributed by atoms with E-state index in [9.17, 15) is 4.79 Å². The highest BCUT2D eigenvalue weighted by Gasteiger charge is 2.19. The summed E-state index contributed by atoms with van der Waals surface area (Å²) in [6.45, 7) is 3.72. The zero-order valence-electron chi connectivity index (χ0n) is 16.4. The van der Waals surface area contributed by atoms with Gasteiger partial charge in [-0.25, -0.2) is 4.79 Å². The number of carbonyl (C=O) groups excluding carboxylic acids is 1. The van der Waals surface area contributed by atoms with E-state index < -0.39 is 0 Å². The lowest BCUT2D eigenvalue weighted by Gasteiger charge is -2.28. The van der Waals surface area contributed by atoms with Crippen LogP contribution in [0.4, 0.5) is 10.6 Å². The van der Waals surface area contributed by atoms with Gasteiger partial charge in [-0.05, 0) is 49.1 Å². The molecule has 1 N–H and O–H groups in total. The second-order valence-electron chi connectivity index (χ2n) is 7.44. The molecule has 3 heterocycles. The van der Waals surface area contributed by atoms with Crippen LogP contribution in [-0.4, -0.2) is 54.0 Å².